The molecule has 6 heteroatoms. The summed E-state index contributed by atoms with van der Waals surface area (Å²) in [5.41, 5.74) is 6.34. The van der Waals surface area contributed by atoms with Crippen molar-refractivity contribution in [2.75, 3.05) is 0 Å². The number of benzene rings is 3. The van der Waals surface area contributed by atoms with E-state index in [1.165, 1.54) is 21.1 Å². The fraction of sp³-hybridized carbons (Fsp3) is 0.120. The van der Waals surface area contributed by atoms with Crippen LogP contribution >= 0.6 is 0 Å². The molecule has 0 saturated carbocycles. The molecule has 4 rings (SSSR count). The molecule has 0 aliphatic carbocycles. The molecular formula is C25H25Cl2NOSiTi. The van der Waals surface area contributed by atoms with Gasteiger partial charge in [-0.05, 0) is 6.42 Å². The fourth-order valence-corrected chi connectivity index (χ4v) is 3.56. The van der Waals surface area contributed by atoms with Gasteiger partial charge in [-0.3, -0.25) is 0 Å². The van der Waals surface area contributed by atoms with E-state index in [0.29, 0.717) is 6.42 Å². The molecule has 0 atom stereocenters. The molecule has 0 spiro atoms. The van der Waals surface area contributed by atoms with Crippen molar-refractivity contribution in [2.24, 2.45) is 0 Å². The zero-order valence-corrected chi connectivity index (χ0v) is 21.5. The van der Waals surface area contributed by atoms with Crippen LogP contribution in [-0.4, -0.2) is 15.4 Å². The van der Waals surface area contributed by atoms with E-state index < -0.39 is 5.91 Å². The van der Waals surface area contributed by atoms with E-state index >= 15 is 0 Å². The minimum absolute atomic E-state index is 0. The molecule has 0 heterocycles. The van der Waals surface area contributed by atoms with Gasteiger partial charge < -0.3 is 35.3 Å². The Morgan fingerprint density at radius 2 is 1.29 bits per heavy atom. The van der Waals surface area contributed by atoms with Crippen LogP contribution in [0.15, 0.2) is 103 Å². The van der Waals surface area contributed by atoms with Gasteiger partial charge in [0, 0.05) is 5.91 Å². The molecule has 0 aliphatic heterocycles. The maximum atomic E-state index is 9.71. The predicted molar refractivity (Wildman–Crippen MR) is 122 cm³/mol. The van der Waals surface area contributed by atoms with Crippen molar-refractivity contribution in [3.8, 4) is 0 Å². The number of amides is 1. The number of hydrogen-bond acceptors (Lipinski definition) is 1. The summed E-state index contributed by atoms with van der Waals surface area (Å²) < 4.78 is 0. The Hall–Kier alpha value is -1.75. The van der Waals surface area contributed by atoms with Gasteiger partial charge in [-0.15, -0.1) is 29.7 Å². The number of fused-ring (bicyclic) bond motifs is 1. The van der Waals surface area contributed by atoms with Crippen molar-refractivity contribution in [3.63, 3.8) is 0 Å². The number of carbonyl (C=O) groups is 1. The topological polar surface area (TPSA) is 40.9 Å². The van der Waals surface area contributed by atoms with Gasteiger partial charge in [-0.2, -0.15) is 17.5 Å². The van der Waals surface area contributed by atoms with Crippen molar-refractivity contribution >= 4 is 36.6 Å². The van der Waals surface area contributed by atoms with Crippen LogP contribution in [0.4, 0.5) is 0 Å². The Kier molecular flexibility index (Phi) is 19.2. The summed E-state index contributed by atoms with van der Waals surface area (Å²) >= 11 is 0. The van der Waals surface area contributed by atoms with Crippen molar-refractivity contribution in [3.05, 3.63) is 109 Å². The van der Waals surface area contributed by atoms with E-state index in [2.05, 4.69) is 103 Å². The standard InChI is InChI=1S/C12H10Si.C9H7.C4H9NO.2ClH.Ti/c1-3-7-11(8-4-1)13-12-9-5-2-6-10-12;1-2-5-9-7-3-6-8(9)4-1;1-2-3-4(5)6;;;/h1-10H;1-7H;2-3H2,1H3,(H2,5,6);2*1H;/q;-1;;;;+4/p-3. The van der Waals surface area contributed by atoms with E-state index in [9.17, 15) is 4.79 Å². The van der Waals surface area contributed by atoms with Gasteiger partial charge in [0.05, 0.1) is 0 Å². The summed E-state index contributed by atoms with van der Waals surface area (Å²) in [5.74, 6) is -0.461. The Bertz CT molecular complexity index is 882. The summed E-state index contributed by atoms with van der Waals surface area (Å²) in [6, 6.07) is 35.8. The van der Waals surface area contributed by atoms with Crippen LogP contribution in [0, 0.1) is 0 Å². The number of nitrogens with one attached hydrogen (secondary N) is 1. The van der Waals surface area contributed by atoms with Crippen molar-refractivity contribution < 1.29 is 51.3 Å². The summed E-state index contributed by atoms with van der Waals surface area (Å²) in [7, 11) is 0.777. The van der Waals surface area contributed by atoms with Gasteiger partial charge >= 0.3 is 21.7 Å². The van der Waals surface area contributed by atoms with Crippen LogP contribution < -0.4 is 35.2 Å². The molecule has 0 saturated heterocycles. The quantitative estimate of drug-likeness (QED) is 0.268. The molecule has 4 aromatic carbocycles. The second kappa shape index (κ2) is 19.0. The molecule has 0 unspecified atom stereocenters. The molecule has 0 aliphatic rings. The molecule has 1 N–H and O–H groups in total. The van der Waals surface area contributed by atoms with Crippen molar-refractivity contribution in [1.29, 1.82) is 0 Å². The van der Waals surface area contributed by atoms with Gasteiger partial charge in [0.15, 0.2) is 0 Å². The van der Waals surface area contributed by atoms with E-state index in [-0.39, 0.29) is 46.5 Å². The minimum atomic E-state index is -0.461. The second-order valence-corrected chi connectivity index (χ2v) is 7.59. The van der Waals surface area contributed by atoms with Gasteiger partial charge in [-0.25, -0.2) is 0 Å². The predicted octanol–water partition coefficient (Wildman–Crippen LogP) is -0.729. The van der Waals surface area contributed by atoms with E-state index in [1.807, 2.05) is 6.92 Å². The first-order valence-electron chi connectivity index (χ1n) is 9.41. The van der Waals surface area contributed by atoms with Crippen molar-refractivity contribution in [2.45, 2.75) is 19.8 Å². The Morgan fingerprint density at radius 3 is 1.71 bits per heavy atom. The Labute approximate surface area is 215 Å². The summed E-state index contributed by atoms with van der Waals surface area (Å²) in [6.45, 7) is 1.88. The molecule has 158 valence electrons. The third-order valence-electron chi connectivity index (χ3n) is 3.86. The van der Waals surface area contributed by atoms with Gasteiger partial charge in [0.1, 0.15) is 9.52 Å². The minimum Gasteiger partial charge on any atom is -1.00 e. The maximum absolute atomic E-state index is 9.71. The second-order valence-electron chi connectivity index (χ2n) is 6.18. The van der Waals surface area contributed by atoms with Crippen LogP contribution in [0.2, 0.25) is 0 Å². The molecule has 4 aromatic rings. The summed E-state index contributed by atoms with van der Waals surface area (Å²) in [4.78, 5) is 9.71. The average molecular weight is 502 g/mol. The largest absolute Gasteiger partial charge is 4.00 e. The van der Waals surface area contributed by atoms with Crippen molar-refractivity contribution in [1.82, 2.24) is 0 Å². The Balaban J connectivity index is 0. The zero-order chi connectivity index (χ0) is 20.0. The SMILES string of the molecule is CCCC([NH-])=O.[Cl-].[Cl-].[Ti+4].c1ccc([Si]c2ccccc2)cc1.c1ccc2[cH-]ccc2c1. The van der Waals surface area contributed by atoms with Gasteiger partial charge in [0.25, 0.3) is 0 Å². The number of rotatable bonds is 4. The van der Waals surface area contributed by atoms with Crippen LogP contribution in [0.3, 0.4) is 0 Å². The Morgan fingerprint density at radius 1 is 0.806 bits per heavy atom. The monoisotopic (exact) mass is 501 g/mol. The summed E-state index contributed by atoms with van der Waals surface area (Å²) in [5, 5.41) is 5.46. The zero-order valence-electron chi connectivity index (χ0n) is 17.4. The first kappa shape index (κ1) is 31.4. The molecule has 2 nitrogen and oxygen atoms in total. The number of carbonyl (C=O) groups excluding carboxylic acids is 1. The normalized spacial score (nSPS) is 8.68. The molecular weight excluding hydrogens is 477 g/mol. The first-order valence-corrected chi connectivity index (χ1v) is 10.4. The smallest absolute Gasteiger partial charge is 1.00 e. The number of hydrogen-bond donors (Lipinski definition) is 0. The molecule has 0 fully saturated rings. The van der Waals surface area contributed by atoms with E-state index in [0.717, 1.165) is 15.9 Å². The van der Waals surface area contributed by atoms with Gasteiger partial charge in [0.2, 0.25) is 0 Å². The molecule has 0 aromatic heterocycles. The van der Waals surface area contributed by atoms with E-state index in [4.69, 9.17) is 5.73 Å². The molecule has 2 radical (unpaired) electrons. The molecule has 0 bridgehead atoms. The van der Waals surface area contributed by atoms with Crippen LogP contribution in [0.5, 0.6) is 0 Å². The van der Waals surface area contributed by atoms with Crippen LogP contribution in [0.1, 0.15) is 19.8 Å². The molecule has 31 heavy (non-hydrogen) atoms. The first-order chi connectivity index (χ1) is 13.7. The van der Waals surface area contributed by atoms with Gasteiger partial charge in [-0.1, -0.05) is 90.4 Å². The molecule has 1 amide bonds. The third kappa shape index (κ3) is 13.3. The van der Waals surface area contributed by atoms with Crippen LogP contribution in [-0.2, 0) is 26.5 Å². The van der Waals surface area contributed by atoms with Crippen LogP contribution in [0.25, 0.3) is 16.5 Å². The van der Waals surface area contributed by atoms with E-state index in [1.54, 1.807) is 0 Å². The number of halogens is 2. The average Bonchev–Trinajstić information content (AvgIpc) is 3.19. The summed E-state index contributed by atoms with van der Waals surface area (Å²) in [6.07, 6.45) is 1.20. The fourth-order valence-electron chi connectivity index (χ4n) is 2.51. The maximum Gasteiger partial charge on any atom is 4.00 e. The third-order valence-corrected chi connectivity index (χ3v) is 5.10.